The van der Waals surface area contributed by atoms with Crippen LogP contribution in [0.15, 0.2) is 66.9 Å². The second-order valence-electron chi connectivity index (χ2n) is 4.54. The van der Waals surface area contributed by atoms with Crippen molar-refractivity contribution in [2.45, 2.75) is 6.54 Å². The molecule has 3 nitrogen and oxygen atoms in total. The van der Waals surface area contributed by atoms with Gasteiger partial charge in [0, 0.05) is 23.7 Å². The molecule has 1 aliphatic heterocycles. The zero-order valence-corrected chi connectivity index (χ0v) is 10.9. The summed E-state index contributed by atoms with van der Waals surface area (Å²) < 4.78 is 0. The number of carbonyl (C=O) groups excluding carboxylic acids is 1. The highest BCUT2D eigenvalue weighted by molar-refractivity contribution is 5.98. The zero-order chi connectivity index (χ0) is 13.8. The summed E-state index contributed by atoms with van der Waals surface area (Å²) in [4.78, 5) is 15.1. The quantitative estimate of drug-likeness (QED) is 0.676. The molecule has 0 fully saturated rings. The maximum absolute atomic E-state index is 11.0. The summed E-state index contributed by atoms with van der Waals surface area (Å²) in [6.45, 7) is 0.689. The lowest BCUT2D eigenvalue weighted by Gasteiger charge is -1.91. The molecule has 3 aromatic rings. The Labute approximate surface area is 117 Å². The number of aromatic nitrogens is 1. The van der Waals surface area contributed by atoms with Crippen molar-refractivity contribution in [1.29, 1.82) is 0 Å². The molecule has 1 aromatic heterocycles. The molecule has 0 aliphatic carbocycles. The van der Waals surface area contributed by atoms with Gasteiger partial charge in [-0.05, 0) is 23.8 Å². The van der Waals surface area contributed by atoms with E-state index in [1.54, 1.807) is 0 Å². The first-order valence-electron chi connectivity index (χ1n) is 6.50. The lowest BCUT2D eigenvalue weighted by molar-refractivity contribution is 0.0966. The molecule has 20 heavy (non-hydrogen) atoms. The summed E-state index contributed by atoms with van der Waals surface area (Å²) in [7, 11) is 0. The van der Waals surface area contributed by atoms with Crippen molar-refractivity contribution in [2.24, 2.45) is 0 Å². The van der Waals surface area contributed by atoms with E-state index in [9.17, 15) is 4.79 Å². The molecule has 1 amide bonds. The van der Waals surface area contributed by atoms with Crippen LogP contribution in [0.3, 0.4) is 0 Å². The molecule has 3 heteroatoms. The summed E-state index contributed by atoms with van der Waals surface area (Å²) in [6, 6.07) is 19.7. The van der Waals surface area contributed by atoms with Crippen LogP contribution in [0, 0.1) is 0 Å². The number of nitrogens with zero attached hydrogens (tertiary/aromatic N) is 1. The van der Waals surface area contributed by atoms with Crippen LogP contribution < -0.4 is 5.32 Å². The van der Waals surface area contributed by atoms with Crippen molar-refractivity contribution in [1.82, 2.24) is 10.3 Å². The molecule has 0 bridgehead atoms. The zero-order valence-electron chi connectivity index (χ0n) is 10.9. The molecule has 4 rings (SSSR count). The molecular formula is C17H14N2O. The van der Waals surface area contributed by atoms with E-state index in [0.29, 0.717) is 6.54 Å². The number of fused-ring (bicyclic) bond motifs is 2. The van der Waals surface area contributed by atoms with Crippen molar-refractivity contribution < 1.29 is 4.79 Å². The van der Waals surface area contributed by atoms with Crippen molar-refractivity contribution in [2.75, 3.05) is 0 Å². The first-order chi connectivity index (χ1) is 9.84. The predicted molar refractivity (Wildman–Crippen MR) is 79.4 cm³/mol. The molecule has 0 saturated carbocycles. The van der Waals surface area contributed by atoms with Crippen LogP contribution in [0.5, 0.6) is 0 Å². The van der Waals surface area contributed by atoms with Crippen LogP contribution in [0.1, 0.15) is 15.9 Å². The highest BCUT2D eigenvalue weighted by Crippen LogP contribution is 2.13. The lowest BCUT2D eigenvalue weighted by Crippen LogP contribution is -2.12. The van der Waals surface area contributed by atoms with Crippen LogP contribution in [-0.4, -0.2) is 10.9 Å². The Bertz CT molecular complexity index is 687. The molecule has 0 radical (unpaired) electrons. The van der Waals surface area contributed by atoms with Crippen molar-refractivity contribution >= 4 is 16.8 Å². The number of hydrogen-bond acceptors (Lipinski definition) is 2. The number of rotatable bonds is 0. The third-order valence-corrected chi connectivity index (χ3v) is 3.21. The third-order valence-electron chi connectivity index (χ3n) is 3.21. The molecule has 0 atom stereocenters. The third kappa shape index (κ3) is 2.52. The monoisotopic (exact) mass is 262 g/mol. The number of para-hydroxylation sites is 1. The van der Waals surface area contributed by atoms with E-state index in [1.165, 1.54) is 5.39 Å². The van der Waals surface area contributed by atoms with E-state index in [2.05, 4.69) is 22.4 Å². The molecule has 0 unspecified atom stereocenters. The smallest absolute Gasteiger partial charge is 0.251 e. The molecule has 1 aliphatic rings. The molecule has 2 heterocycles. The topological polar surface area (TPSA) is 42.0 Å². The van der Waals surface area contributed by atoms with Gasteiger partial charge in [0.2, 0.25) is 0 Å². The van der Waals surface area contributed by atoms with Gasteiger partial charge in [-0.2, -0.15) is 0 Å². The second-order valence-corrected chi connectivity index (χ2v) is 4.54. The van der Waals surface area contributed by atoms with Gasteiger partial charge in [0.25, 0.3) is 5.91 Å². The van der Waals surface area contributed by atoms with Crippen LogP contribution in [0.25, 0.3) is 10.9 Å². The largest absolute Gasteiger partial charge is 0.348 e. The number of pyridine rings is 1. The minimum Gasteiger partial charge on any atom is -0.348 e. The summed E-state index contributed by atoms with van der Waals surface area (Å²) in [5.41, 5.74) is 2.99. The van der Waals surface area contributed by atoms with Crippen LogP contribution in [-0.2, 0) is 6.54 Å². The molecule has 0 saturated heterocycles. The maximum atomic E-state index is 11.0. The van der Waals surface area contributed by atoms with E-state index in [1.807, 2.05) is 54.7 Å². The fourth-order valence-corrected chi connectivity index (χ4v) is 2.18. The maximum Gasteiger partial charge on any atom is 0.251 e. The van der Waals surface area contributed by atoms with Gasteiger partial charge in [0.1, 0.15) is 0 Å². The Morgan fingerprint density at radius 3 is 2.50 bits per heavy atom. The summed E-state index contributed by atoms with van der Waals surface area (Å²) in [5.74, 6) is 0.0515. The van der Waals surface area contributed by atoms with Gasteiger partial charge in [-0.15, -0.1) is 0 Å². The highest BCUT2D eigenvalue weighted by atomic mass is 16.1. The molecule has 1 N–H and O–H groups in total. The minimum absolute atomic E-state index is 0.0515. The minimum atomic E-state index is 0.0515. The van der Waals surface area contributed by atoms with Crippen molar-refractivity contribution in [3.05, 3.63) is 78.0 Å². The molecule has 0 spiro atoms. The average Bonchev–Trinajstić information content (AvgIpc) is 2.90. The van der Waals surface area contributed by atoms with Gasteiger partial charge in [0.15, 0.2) is 0 Å². The Hall–Kier alpha value is -2.68. The van der Waals surface area contributed by atoms with Crippen LogP contribution in [0.4, 0.5) is 0 Å². The second kappa shape index (κ2) is 5.53. The van der Waals surface area contributed by atoms with Crippen LogP contribution in [0.2, 0.25) is 0 Å². The molecule has 2 aromatic carbocycles. The number of amides is 1. The van der Waals surface area contributed by atoms with E-state index >= 15 is 0 Å². The van der Waals surface area contributed by atoms with E-state index in [4.69, 9.17) is 0 Å². The van der Waals surface area contributed by atoms with Gasteiger partial charge in [0.05, 0.1) is 5.52 Å². The summed E-state index contributed by atoms with van der Waals surface area (Å²) in [6.07, 6.45) is 1.81. The van der Waals surface area contributed by atoms with E-state index < -0.39 is 0 Å². The van der Waals surface area contributed by atoms with E-state index in [0.717, 1.165) is 16.6 Å². The SMILES string of the molecule is O=C1NCc2ccccc21.c1ccc2ncccc2c1. The highest BCUT2D eigenvalue weighted by Gasteiger charge is 2.16. The average molecular weight is 262 g/mol. The Morgan fingerprint density at radius 1 is 0.900 bits per heavy atom. The lowest BCUT2D eigenvalue weighted by atomic mass is 10.1. The predicted octanol–water partition coefficient (Wildman–Crippen LogP) is 3.16. The number of nitrogens with one attached hydrogen (secondary N) is 1. The summed E-state index contributed by atoms with van der Waals surface area (Å²) >= 11 is 0. The Morgan fingerprint density at radius 2 is 1.65 bits per heavy atom. The fraction of sp³-hybridized carbons (Fsp3) is 0.0588. The van der Waals surface area contributed by atoms with Crippen molar-refractivity contribution in [3.63, 3.8) is 0 Å². The summed E-state index contributed by atoms with van der Waals surface area (Å²) in [5, 5.41) is 3.95. The first-order valence-corrected chi connectivity index (χ1v) is 6.50. The van der Waals surface area contributed by atoms with Crippen molar-refractivity contribution in [3.8, 4) is 0 Å². The molecular weight excluding hydrogens is 248 g/mol. The Kier molecular flexibility index (Phi) is 3.42. The van der Waals surface area contributed by atoms with Gasteiger partial charge >= 0.3 is 0 Å². The van der Waals surface area contributed by atoms with Crippen LogP contribution >= 0.6 is 0 Å². The first kappa shape index (κ1) is 12.4. The Balaban J connectivity index is 0.000000121. The van der Waals surface area contributed by atoms with E-state index in [-0.39, 0.29) is 5.91 Å². The molecule has 98 valence electrons. The normalized spacial score (nSPS) is 12.3. The van der Waals surface area contributed by atoms with Gasteiger partial charge in [-0.1, -0.05) is 42.5 Å². The van der Waals surface area contributed by atoms with Gasteiger partial charge in [-0.3, -0.25) is 9.78 Å². The van der Waals surface area contributed by atoms with Gasteiger partial charge in [-0.25, -0.2) is 0 Å². The fourth-order valence-electron chi connectivity index (χ4n) is 2.18. The standard InChI is InChI=1S/C9H7N.C8H7NO/c1-2-6-9-8(4-1)5-3-7-10-9;10-8-7-4-2-1-3-6(7)5-9-8/h1-7H;1-4H,5H2,(H,9,10). The number of benzene rings is 2. The number of hydrogen-bond donors (Lipinski definition) is 1. The van der Waals surface area contributed by atoms with Gasteiger partial charge < -0.3 is 5.32 Å². The number of carbonyl (C=O) groups is 1.